The average molecular weight is 358 g/mol. The summed E-state index contributed by atoms with van der Waals surface area (Å²) in [5.41, 5.74) is 5.02. The van der Waals surface area contributed by atoms with E-state index in [1.807, 2.05) is 0 Å². The molecule has 1 heterocycles. The van der Waals surface area contributed by atoms with Gasteiger partial charge >= 0.3 is 12.3 Å². The third kappa shape index (κ3) is 5.11. The van der Waals surface area contributed by atoms with Crippen LogP contribution in [0.3, 0.4) is 0 Å². The largest absolute Gasteiger partial charge is 0.444 e. The standard InChI is InChI=1S/C18H25F3N2O2/c1-17(2,3)25-16(24)23-10-8-12(9-11-23)15(22)13-6-4-5-7-14(13)18(19,20)21/h4-7,12,15H,8-11,22H2,1-3H3. The zero-order chi connectivity index (χ0) is 18.8. The minimum absolute atomic E-state index is 0.109. The van der Waals surface area contributed by atoms with Gasteiger partial charge in [-0.15, -0.1) is 0 Å². The smallest absolute Gasteiger partial charge is 0.416 e. The summed E-state index contributed by atoms with van der Waals surface area (Å²) >= 11 is 0. The molecule has 1 amide bonds. The highest BCUT2D eigenvalue weighted by Gasteiger charge is 2.37. The van der Waals surface area contributed by atoms with Crippen molar-refractivity contribution in [2.45, 2.75) is 51.4 Å². The number of carbonyl (C=O) groups is 1. The topological polar surface area (TPSA) is 55.6 Å². The summed E-state index contributed by atoms with van der Waals surface area (Å²) in [7, 11) is 0. The van der Waals surface area contributed by atoms with E-state index >= 15 is 0 Å². The Balaban J connectivity index is 2.03. The molecule has 1 unspecified atom stereocenters. The molecule has 1 aromatic carbocycles. The van der Waals surface area contributed by atoms with Crippen LogP contribution in [-0.4, -0.2) is 29.7 Å². The minimum Gasteiger partial charge on any atom is -0.444 e. The molecule has 2 rings (SSSR count). The normalized spacial score (nSPS) is 18.1. The Bertz CT molecular complexity index is 603. The Morgan fingerprint density at radius 2 is 1.76 bits per heavy atom. The second-order valence-corrected chi connectivity index (χ2v) is 7.42. The fraction of sp³-hybridized carbons (Fsp3) is 0.611. The fourth-order valence-corrected chi connectivity index (χ4v) is 3.07. The maximum Gasteiger partial charge on any atom is 0.416 e. The van der Waals surface area contributed by atoms with Gasteiger partial charge in [-0.25, -0.2) is 4.79 Å². The quantitative estimate of drug-likeness (QED) is 0.855. The molecule has 1 aliphatic heterocycles. The monoisotopic (exact) mass is 358 g/mol. The van der Waals surface area contributed by atoms with Crippen LogP contribution in [-0.2, 0) is 10.9 Å². The molecule has 140 valence electrons. The number of halogens is 3. The van der Waals surface area contributed by atoms with Crippen molar-refractivity contribution in [2.75, 3.05) is 13.1 Å². The zero-order valence-corrected chi connectivity index (χ0v) is 14.8. The number of rotatable bonds is 2. The number of alkyl halides is 3. The first-order chi connectivity index (χ1) is 11.5. The van der Waals surface area contributed by atoms with Gasteiger partial charge in [0.1, 0.15) is 5.60 Å². The number of piperidine rings is 1. The molecule has 0 aliphatic carbocycles. The van der Waals surface area contributed by atoms with E-state index < -0.39 is 29.5 Å². The van der Waals surface area contributed by atoms with E-state index in [4.69, 9.17) is 10.5 Å². The van der Waals surface area contributed by atoms with Crippen LogP contribution in [0.4, 0.5) is 18.0 Å². The van der Waals surface area contributed by atoms with E-state index in [1.54, 1.807) is 31.7 Å². The summed E-state index contributed by atoms with van der Waals surface area (Å²) in [6, 6.07) is 4.72. The molecule has 0 radical (unpaired) electrons. The van der Waals surface area contributed by atoms with Gasteiger partial charge in [0.15, 0.2) is 0 Å². The molecule has 4 nitrogen and oxygen atoms in total. The predicted octanol–water partition coefficient (Wildman–Crippen LogP) is 4.35. The van der Waals surface area contributed by atoms with Crippen LogP contribution < -0.4 is 5.73 Å². The molecule has 25 heavy (non-hydrogen) atoms. The van der Waals surface area contributed by atoms with Crippen LogP contribution >= 0.6 is 0 Å². The van der Waals surface area contributed by atoms with Gasteiger partial charge in [-0.05, 0) is 51.2 Å². The van der Waals surface area contributed by atoms with Crippen LogP contribution in [0.25, 0.3) is 0 Å². The highest BCUT2D eigenvalue weighted by atomic mass is 19.4. The van der Waals surface area contributed by atoms with Crippen molar-refractivity contribution in [1.29, 1.82) is 0 Å². The van der Waals surface area contributed by atoms with Crippen LogP contribution in [0.15, 0.2) is 24.3 Å². The molecule has 0 bridgehead atoms. The molecular weight excluding hydrogens is 333 g/mol. The lowest BCUT2D eigenvalue weighted by Crippen LogP contribution is -2.43. The van der Waals surface area contributed by atoms with Gasteiger partial charge in [0.2, 0.25) is 0 Å². The Morgan fingerprint density at radius 1 is 1.20 bits per heavy atom. The van der Waals surface area contributed by atoms with Crippen molar-refractivity contribution < 1.29 is 22.7 Å². The number of carbonyl (C=O) groups excluding carboxylic acids is 1. The lowest BCUT2D eigenvalue weighted by Gasteiger charge is -2.36. The first kappa shape index (κ1) is 19.6. The van der Waals surface area contributed by atoms with Crippen molar-refractivity contribution in [1.82, 2.24) is 4.90 Å². The van der Waals surface area contributed by atoms with E-state index in [9.17, 15) is 18.0 Å². The van der Waals surface area contributed by atoms with Gasteiger partial charge in [0.05, 0.1) is 5.56 Å². The van der Waals surface area contributed by atoms with Gasteiger partial charge in [-0.3, -0.25) is 0 Å². The number of hydrogen-bond donors (Lipinski definition) is 1. The highest BCUT2D eigenvalue weighted by molar-refractivity contribution is 5.68. The first-order valence-corrected chi connectivity index (χ1v) is 8.38. The van der Waals surface area contributed by atoms with Gasteiger partial charge in [0.25, 0.3) is 0 Å². The van der Waals surface area contributed by atoms with Crippen molar-refractivity contribution in [2.24, 2.45) is 11.7 Å². The van der Waals surface area contributed by atoms with E-state index in [2.05, 4.69) is 0 Å². The number of benzene rings is 1. The summed E-state index contributed by atoms with van der Waals surface area (Å²) in [4.78, 5) is 13.7. The summed E-state index contributed by atoms with van der Waals surface area (Å²) in [5.74, 6) is -0.109. The molecule has 1 saturated heterocycles. The van der Waals surface area contributed by atoms with E-state index in [0.29, 0.717) is 25.9 Å². The van der Waals surface area contributed by atoms with Crippen LogP contribution in [0.5, 0.6) is 0 Å². The summed E-state index contributed by atoms with van der Waals surface area (Å²) < 4.78 is 44.9. The molecule has 1 aliphatic rings. The van der Waals surface area contributed by atoms with Crippen LogP contribution in [0, 0.1) is 5.92 Å². The summed E-state index contributed by atoms with van der Waals surface area (Å²) in [6.45, 7) is 6.24. The average Bonchev–Trinajstić information content (AvgIpc) is 2.52. The Hall–Kier alpha value is -1.76. The molecule has 0 spiro atoms. The zero-order valence-electron chi connectivity index (χ0n) is 14.8. The minimum atomic E-state index is -4.43. The van der Waals surface area contributed by atoms with Crippen molar-refractivity contribution in [3.63, 3.8) is 0 Å². The van der Waals surface area contributed by atoms with Crippen LogP contribution in [0.2, 0.25) is 0 Å². The molecule has 1 fully saturated rings. The number of hydrogen-bond acceptors (Lipinski definition) is 3. The van der Waals surface area contributed by atoms with E-state index in [-0.39, 0.29) is 11.5 Å². The van der Waals surface area contributed by atoms with Crippen LogP contribution in [0.1, 0.15) is 50.8 Å². The van der Waals surface area contributed by atoms with Gasteiger partial charge in [-0.1, -0.05) is 18.2 Å². The van der Waals surface area contributed by atoms with Gasteiger partial charge in [-0.2, -0.15) is 13.2 Å². The Kier molecular flexibility index (Phi) is 5.66. The Morgan fingerprint density at radius 3 is 2.28 bits per heavy atom. The predicted molar refractivity (Wildman–Crippen MR) is 88.9 cm³/mol. The third-order valence-corrected chi connectivity index (χ3v) is 4.32. The first-order valence-electron chi connectivity index (χ1n) is 8.38. The Labute approximate surface area is 146 Å². The molecule has 0 aromatic heterocycles. The molecule has 0 saturated carbocycles. The van der Waals surface area contributed by atoms with E-state index in [1.165, 1.54) is 12.1 Å². The SMILES string of the molecule is CC(C)(C)OC(=O)N1CCC(C(N)c2ccccc2C(F)(F)F)CC1. The van der Waals surface area contributed by atoms with E-state index in [0.717, 1.165) is 6.07 Å². The summed E-state index contributed by atoms with van der Waals surface area (Å²) in [6.07, 6.45) is -3.72. The van der Waals surface area contributed by atoms with Crippen molar-refractivity contribution in [3.8, 4) is 0 Å². The number of likely N-dealkylation sites (tertiary alicyclic amines) is 1. The molecule has 7 heteroatoms. The fourth-order valence-electron chi connectivity index (χ4n) is 3.07. The lowest BCUT2D eigenvalue weighted by atomic mass is 9.84. The molecule has 2 N–H and O–H groups in total. The van der Waals surface area contributed by atoms with Gasteiger partial charge in [0, 0.05) is 19.1 Å². The molecular formula is C18H25F3N2O2. The molecule has 1 aromatic rings. The van der Waals surface area contributed by atoms with Crippen molar-refractivity contribution >= 4 is 6.09 Å². The highest BCUT2D eigenvalue weighted by Crippen LogP contribution is 2.38. The second-order valence-electron chi connectivity index (χ2n) is 7.42. The second kappa shape index (κ2) is 7.23. The third-order valence-electron chi connectivity index (χ3n) is 4.32. The lowest BCUT2D eigenvalue weighted by molar-refractivity contribution is -0.138. The number of nitrogens with zero attached hydrogens (tertiary/aromatic N) is 1. The van der Waals surface area contributed by atoms with Gasteiger partial charge < -0.3 is 15.4 Å². The maximum atomic E-state index is 13.2. The van der Waals surface area contributed by atoms with Crippen molar-refractivity contribution in [3.05, 3.63) is 35.4 Å². The summed E-state index contributed by atoms with van der Waals surface area (Å²) in [5, 5.41) is 0. The maximum absolute atomic E-state index is 13.2. The number of nitrogens with two attached hydrogens (primary N) is 1. The number of amides is 1. The number of ether oxygens (including phenoxy) is 1. The molecule has 1 atom stereocenters.